The molecular weight excluding hydrogens is 216 g/mol. The van der Waals surface area contributed by atoms with Crippen molar-refractivity contribution in [1.82, 2.24) is 0 Å². The number of rotatable bonds is 2. The molecule has 0 N–H and O–H groups in total. The Labute approximate surface area is 103 Å². The lowest BCUT2D eigenvalue weighted by atomic mass is 9.47. The van der Waals surface area contributed by atoms with Gasteiger partial charge in [-0.1, -0.05) is 6.92 Å². The lowest BCUT2D eigenvalue weighted by Gasteiger charge is -2.68. The predicted molar refractivity (Wildman–Crippen MR) is 62.0 cm³/mol. The van der Waals surface area contributed by atoms with Crippen LogP contribution in [0, 0.1) is 23.7 Å². The van der Waals surface area contributed by atoms with Crippen molar-refractivity contribution in [2.45, 2.75) is 56.8 Å². The summed E-state index contributed by atoms with van der Waals surface area (Å²) >= 11 is 0. The van der Waals surface area contributed by atoms with Gasteiger partial charge in [0.25, 0.3) is 0 Å². The Hall–Kier alpha value is -0.120. The summed E-state index contributed by atoms with van der Waals surface area (Å²) in [5, 5.41) is 0. The molecule has 17 heavy (non-hydrogen) atoms. The summed E-state index contributed by atoms with van der Waals surface area (Å²) < 4.78 is 5.76. The van der Waals surface area contributed by atoms with E-state index in [1.807, 2.05) is 0 Å². The predicted octanol–water partition coefficient (Wildman–Crippen LogP) is 2.90. The van der Waals surface area contributed by atoms with Gasteiger partial charge in [-0.3, -0.25) is 0 Å². The second-order valence-electron chi connectivity index (χ2n) is 6.57. The molecule has 1 heterocycles. The van der Waals surface area contributed by atoms with Crippen LogP contribution in [0.4, 0.5) is 0 Å². The maximum atomic E-state index is 5.77. The van der Waals surface area contributed by atoms with E-state index in [0.717, 1.165) is 18.3 Å². The van der Waals surface area contributed by atoms with E-state index in [4.69, 9.17) is 14.5 Å². The van der Waals surface area contributed by atoms with Crippen LogP contribution in [0.1, 0.15) is 45.4 Å². The van der Waals surface area contributed by atoms with Crippen LogP contribution in [0.15, 0.2) is 0 Å². The second-order valence-corrected chi connectivity index (χ2v) is 6.57. The van der Waals surface area contributed by atoms with Crippen LogP contribution in [0.25, 0.3) is 0 Å². The highest BCUT2D eigenvalue weighted by Crippen LogP contribution is 2.67. The van der Waals surface area contributed by atoms with Crippen molar-refractivity contribution < 1.29 is 14.5 Å². The van der Waals surface area contributed by atoms with E-state index in [0.29, 0.717) is 11.8 Å². The third-order valence-corrected chi connectivity index (χ3v) is 6.06. The Balaban J connectivity index is 1.74. The van der Waals surface area contributed by atoms with E-state index in [1.165, 1.54) is 32.1 Å². The van der Waals surface area contributed by atoms with Crippen molar-refractivity contribution >= 4 is 0 Å². The summed E-state index contributed by atoms with van der Waals surface area (Å²) in [6, 6.07) is 0. The zero-order valence-electron chi connectivity index (χ0n) is 10.8. The molecule has 4 aliphatic carbocycles. The van der Waals surface area contributed by atoms with Crippen molar-refractivity contribution in [1.29, 1.82) is 0 Å². The fraction of sp³-hybridized carbons (Fsp3) is 1.00. The van der Waals surface area contributed by atoms with Gasteiger partial charge in [0.15, 0.2) is 5.60 Å². The maximum absolute atomic E-state index is 5.77. The highest BCUT2D eigenvalue weighted by molar-refractivity contribution is 5.15. The molecule has 0 amide bonds. The number of methoxy groups -OCH3 is 1. The molecule has 1 saturated heterocycles. The number of hydrogen-bond acceptors (Lipinski definition) is 3. The lowest BCUT2D eigenvalue weighted by molar-refractivity contribution is -0.636. The summed E-state index contributed by atoms with van der Waals surface area (Å²) in [5.74, 6) is 2.81. The van der Waals surface area contributed by atoms with E-state index in [-0.39, 0.29) is 5.60 Å². The molecule has 1 spiro atoms. The van der Waals surface area contributed by atoms with Crippen LogP contribution < -0.4 is 0 Å². The molecular formula is C14H22O3. The lowest BCUT2D eigenvalue weighted by Crippen LogP contribution is -2.78. The number of hydrogen-bond donors (Lipinski definition) is 0. The van der Waals surface area contributed by atoms with E-state index in [9.17, 15) is 0 Å². The van der Waals surface area contributed by atoms with Gasteiger partial charge in [-0.05, 0) is 55.8 Å². The summed E-state index contributed by atoms with van der Waals surface area (Å²) in [4.78, 5) is 11.2. The van der Waals surface area contributed by atoms with Gasteiger partial charge in [0.05, 0.1) is 0 Å². The molecule has 1 atom stereocenters. The van der Waals surface area contributed by atoms with Crippen LogP contribution in [-0.4, -0.2) is 18.5 Å². The van der Waals surface area contributed by atoms with Crippen molar-refractivity contribution in [3.63, 3.8) is 0 Å². The van der Waals surface area contributed by atoms with Crippen molar-refractivity contribution in [2.24, 2.45) is 23.7 Å². The van der Waals surface area contributed by atoms with Crippen LogP contribution >= 0.6 is 0 Å². The standard InChI is InChI=1S/C14H22O3/c1-3-13(15-2)14(17-16-13)11-5-9-4-10(7-11)8-12(14)6-9/h9-12H,3-8H2,1-2H3. The monoisotopic (exact) mass is 238 g/mol. The average Bonchev–Trinajstić information content (AvgIpc) is 2.28. The molecule has 1 unspecified atom stereocenters. The minimum atomic E-state index is -0.449. The molecule has 1 aliphatic heterocycles. The Morgan fingerprint density at radius 2 is 1.59 bits per heavy atom. The average molecular weight is 238 g/mol. The first-order chi connectivity index (χ1) is 8.24. The van der Waals surface area contributed by atoms with Gasteiger partial charge in [0.2, 0.25) is 5.79 Å². The zero-order chi connectivity index (χ0) is 11.7. The Kier molecular flexibility index (Phi) is 2.06. The first-order valence-electron chi connectivity index (χ1n) is 7.16. The quantitative estimate of drug-likeness (QED) is 0.692. The molecule has 5 fully saturated rings. The first-order valence-corrected chi connectivity index (χ1v) is 7.16. The number of ether oxygens (including phenoxy) is 1. The Morgan fingerprint density at radius 3 is 1.94 bits per heavy atom. The second kappa shape index (κ2) is 3.25. The van der Waals surface area contributed by atoms with E-state index >= 15 is 0 Å². The normalized spacial score (nSPS) is 59.6. The first kappa shape index (κ1) is 10.8. The highest BCUT2D eigenvalue weighted by atomic mass is 17.3. The highest BCUT2D eigenvalue weighted by Gasteiger charge is 2.75. The fourth-order valence-electron chi connectivity index (χ4n) is 5.55. The van der Waals surface area contributed by atoms with E-state index in [1.54, 1.807) is 7.11 Å². The molecule has 0 aromatic carbocycles. The van der Waals surface area contributed by atoms with Gasteiger partial charge in [0.1, 0.15) is 0 Å². The molecule has 4 bridgehead atoms. The Bertz CT molecular complexity index is 301. The fourth-order valence-corrected chi connectivity index (χ4v) is 5.55. The minimum Gasteiger partial charge on any atom is -0.348 e. The summed E-state index contributed by atoms with van der Waals surface area (Å²) in [5.41, 5.74) is -0.107. The maximum Gasteiger partial charge on any atom is 0.234 e. The largest absolute Gasteiger partial charge is 0.348 e. The topological polar surface area (TPSA) is 27.7 Å². The third-order valence-electron chi connectivity index (χ3n) is 6.06. The molecule has 3 nitrogen and oxygen atoms in total. The van der Waals surface area contributed by atoms with Gasteiger partial charge in [-0.2, -0.15) is 4.89 Å². The van der Waals surface area contributed by atoms with E-state index < -0.39 is 5.79 Å². The van der Waals surface area contributed by atoms with Gasteiger partial charge in [-0.25, -0.2) is 4.89 Å². The molecule has 0 aromatic rings. The van der Waals surface area contributed by atoms with Crippen LogP contribution in [0.3, 0.4) is 0 Å². The SMILES string of the molecule is CCC1(OC)OOC12C1CC3CC(C1)CC2C3. The molecule has 96 valence electrons. The summed E-state index contributed by atoms with van der Waals surface area (Å²) in [6.07, 6.45) is 7.70. The van der Waals surface area contributed by atoms with Gasteiger partial charge in [0, 0.05) is 13.5 Å². The van der Waals surface area contributed by atoms with Crippen LogP contribution in [0.2, 0.25) is 0 Å². The smallest absolute Gasteiger partial charge is 0.234 e. The third kappa shape index (κ3) is 1.05. The van der Waals surface area contributed by atoms with Crippen molar-refractivity contribution in [2.75, 3.05) is 7.11 Å². The van der Waals surface area contributed by atoms with Crippen molar-refractivity contribution in [3.8, 4) is 0 Å². The Morgan fingerprint density at radius 1 is 1.00 bits per heavy atom. The molecule has 0 aromatic heterocycles. The molecule has 3 heteroatoms. The zero-order valence-corrected chi connectivity index (χ0v) is 10.8. The molecule has 5 rings (SSSR count). The molecule has 0 radical (unpaired) electrons. The van der Waals surface area contributed by atoms with Gasteiger partial charge >= 0.3 is 0 Å². The minimum absolute atomic E-state index is 0.107. The van der Waals surface area contributed by atoms with Crippen molar-refractivity contribution in [3.05, 3.63) is 0 Å². The molecule has 4 saturated carbocycles. The summed E-state index contributed by atoms with van der Waals surface area (Å²) in [6.45, 7) is 2.15. The van der Waals surface area contributed by atoms with Gasteiger partial charge in [-0.15, -0.1) is 0 Å². The van der Waals surface area contributed by atoms with Crippen LogP contribution in [-0.2, 0) is 14.5 Å². The summed E-state index contributed by atoms with van der Waals surface area (Å²) in [7, 11) is 1.78. The van der Waals surface area contributed by atoms with Crippen LogP contribution in [0.5, 0.6) is 0 Å². The van der Waals surface area contributed by atoms with E-state index in [2.05, 4.69) is 6.92 Å². The molecule has 5 aliphatic rings. The van der Waals surface area contributed by atoms with Gasteiger partial charge < -0.3 is 4.74 Å².